The Balaban J connectivity index is 2.32. The molecule has 0 unspecified atom stereocenters. The summed E-state index contributed by atoms with van der Waals surface area (Å²) in [5, 5.41) is 14.9. The Kier molecular flexibility index (Phi) is 3.94. The molecule has 2 atom stereocenters. The van der Waals surface area contributed by atoms with Crippen LogP contribution in [0.4, 0.5) is 5.69 Å². The third-order valence-corrected chi connectivity index (χ3v) is 3.42. The molecule has 1 saturated heterocycles. The first kappa shape index (κ1) is 13.7. The number of hydrogen-bond donors (Lipinski definition) is 0. The SMILES string of the molecule is CC[C@@H]1CC(=O)CC[C@H](c2c([N+](=O)[O-])cnn2C)O1. The minimum absolute atomic E-state index is 0.0447. The largest absolute Gasteiger partial charge is 0.368 e. The van der Waals surface area contributed by atoms with Gasteiger partial charge in [0, 0.05) is 19.9 Å². The number of hydrogen-bond acceptors (Lipinski definition) is 5. The van der Waals surface area contributed by atoms with Crippen LogP contribution in [0.2, 0.25) is 0 Å². The standard InChI is InChI=1S/C12H17N3O4/c1-3-9-6-8(16)4-5-11(19-9)12-10(15(17)18)7-13-14(12)2/h7,9,11H,3-6H2,1-2H3/t9-,11-/m1/s1. The van der Waals surface area contributed by atoms with Crippen molar-refractivity contribution < 1.29 is 14.5 Å². The van der Waals surface area contributed by atoms with Gasteiger partial charge in [0.2, 0.25) is 0 Å². The Morgan fingerprint density at radius 3 is 3.00 bits per heavy atom. The molecule has 0 N–H and O–H groups in total. The molecule has 2 rings (SSSR count). The van der Waals surface area contributed by atoms with Gasteiger partial charge in [0.15, 0.2) is 0 Å². The van der Waals surface area contributed by atoms with E-state index in [2.05, 4.69) is 5.10 Å². The Morgan fingerprint density at radius 2 is 2.37 bits per heavy atom. The molecule has 1 aromatic rings. The molecule has 2 heterocycles. The lowest BCUT2D eigenvalue weighted by Gasteiger charge is -2.19. The first-order valence-corrected chi connectivity index (χ1v) is 6.36. The van der Waals surface area contributed by atoms with Crippen LogP contribution in [0.5, 0.6) is 0 Å². The normalized spacial score (nSPS) is 24.2. The number of Topliss-reactive ketones (excluding diaryl/α,β-unsaturated/α-hetero) is 1. The second-order valence-electron chi connectivity index (χ2n) is 4.73. The van der Waals surface area contributed by atoms with Crippen LogP contribution in [0, 0.1) is 10.1 Å². The number of ketones is 1. The molecule has 0 saturated carbocycles. The lowest BCUT2D eigenvalue weighted by molar-refractivity contribution is -0.386. The highest BCUT2D eigenvalue weighted by Crippen LogP contribution is 2.34. The fourth-order valence-electron chi connectivity index (χ4n) is 2.39. The van der Waals surface area contributed by atoms with E-state index in [-0.39, 0.29) is 17.6 Å². The molecule has 0 radical (unpaired) electrons. The van der Waals surface area contributed by atoms with Gasteiger partial charge in [-0.1, -0.05) is 6.92 Å². The molecule has 19 heavy (non-hydrogen) atoms. The number of aromatic nitrogens is 2. The number of nitro groups is 1. The summed E-state index contributed by atoms with van der Waals surface area (Å²) in [6.07, 6.45) is 2.58. The maximum absolute atomic E-state index is 11.6. The van der Waals surface area contributed by atoms with Gasteiger partial charge in [0.1, 0.15) is 23.8 Å². The van der Waals surface area contributed by atoms with Crippen molar-refractivity contribution in [2.45, 2.75) is 44.8 Å². The fourth-order valence-corrected chi connectivity index (χ4v) is 2.39. The van der Waals surface area contributed by atoms with Crippen LogP contribution in [0.3, 0.4) is 0 Å². The van der Waals surface area contributed by atoms with Gasteiger partial charge < -0.3 is 4.74 Å². The lowest BCUT2D eigenvalue weighted by atomic mass is 10.1. The van der Waals surface area contributed by atoms with Crippen molar-refractivity contribution in [2.75, 3.05) is 0 Å². The Labute approximate surface area is 110 Å². The minimum Gasteiger partial charge on any atom is -0.368 e. The van der Waals surface area contributed by atoms with E-state index in [4.69, 9.17) is 4.74 Å². The van der Waals surface area contributed by atoms with Crippen LogP contribution >= 0.6 is 0 Å². The summed E-state index contributed by atoms with van der Waals surface area (Å²) in [5.74, 6) is 0.152. The zero-order valence-corrected chi connectivity index (χ0v) is 11.0. The lowest BCUT2D eigenvalue weighted by Crippen LogP contribution is -2.17. The Bertz CT molecular complexity index is 497. The summed E-state index contributed by atoms with van der Waals surface area (Å²) >= 11 is 0. The van der Waals surface area contributed by atoms with Crippen LogP contribution < -0.4 is 0 Å². The van der Waals surface area contributed by atoms with E-state index < -0.39 is 11.0 Å². The monoisotopic (exact) mass is 267 g/mol. The van der Waals surface area contributed by atoms with Gasteiger partial charge in [-0.25, -0.2) is 0 Å². The van der Waals surface area contributed by atoms with Gasteiger partial charge >= 0.3 is 5.69 Å². The fraction of sp³-hybridized carbons (Fsp3) is 0.667. The van der Waals surface area contributed by atoms with Crippen LogP contribution in [-0.2, 0) is 16.6 Å². The second kappa shape index (κ2) is 5.48. The number of ether oxygens (including phenoxy) is 1. The predicted octanol–water partition coefficient (Wildman–Crippen LogP) is 1.92. The highest BCUT2D eigenvalue weighted by atomic mass is 16.6. The molecule has 0 spiro atoms. The van der Waals surface area contributed by atoms with E-state index in [1.54, 1.807) is 7.05 Å². The van der Waals surface area contributed by atoms with Gasteiger partial charge in [0.05, 0.1) is 11.0 Å². The van der Waals surface area contributed by atoms with Crippen molar-refractivity contribution in [3.63, 3.8) is 0 Å². The molecular formula is C12H17N3O4. The van der Waals surface area contributed by atoms with Gasteiger partial charge in [-0.2, -0.15) is 5.10 Å². The number of carbonyl (C=O) groups excluding carboxylic acids is 1. The van der Waals surface area contributed by atoms with Crippen molar-refractivity contribution in [2.24, 2.45) is 7.05 Å². The maximum Gasteiger partial charge on any atom is 0.312 e. The van der Waals surface area contributed by atoms with E-state index in [1.165, 1.54) is 10.9 Å². The van der Waals surface area contributed by atoms with Crippen LogP contribution in [0.25, 0.3) is 0 Å². The zero-order chi connectivity index (χ0) is 14.0. The maximum atomic E-state index is 11.6. The molecule has 1 aromatic heterocycles. The average molecular weight is 267 g/mol. The molecule has 0 aliphatic carbocycles. The quantitative estimate of drug-likeness (QED) is 0.616. The number of nitrogens with zero attached hydrogens (tertiary/aromatic N) is 3. The highest BCUT2D eigenvalue weighted by Gasteiger charge is 2.32. The Morgan fingerprint density at radius 1 is 1.63 bits per heavy atom. The molecular weight excluding hydrogens is 250 g/mol. The first-order chi connectivity index (χ1) is 9.02. The van der Waals surface area contributed by atoms with Gasteiger partial charge in [0.25, 0.3) is 0 Å². The van der Waals surface area contributed by atoms with E-state index in [9.17, 15) is 14.9 Å². The highest BCUT2D eigenvalue weighted by molar-refractivity contribution is 5.79. The van der Waals surface area contributed by atoms with Gasteiger partial charge in [-0.15, -0.1) is 0 Å². The van der Waals surface area contributed by atoms with Crippen molar-refractivity contribution >= 4 is 11.5 Å². The van der Waals surface area contributed by atoms with Gasteiger partial charge in [-0.05, 0) is 12.8 Å². The van der Waals surface area contributed by atoms with Crippen molar-refractivity contribution in [3.05, 3.63) is 22.0 Å². The first-order valence-electron chi connectivity index (χ1n) is 6.36. The molecule has 1 aliphatic rings. The molecule has 0 bridgehead atoms. The number of carbonyl (C=O) groups is 1. The predicted molar refractivity (Wildman–Crippen MR) is 66.6 cm³/mol. The second-order valence-corrected chi connectivity index (χ2v) is 4.73. The number of aryl methyl sites for hydroxylation is 1. The molecule has 0 aromatic carbocycles. The van der Waals surface area contributed by atoms with Crippen LogP contribution in [-0.4, -0.2) is 26.6 Å². The van der Waals surface area contributed by atoms with Gasteiger partial charge in [-0.3, -0.25) is 19.6 Å². The van der Waals surface area contributed by atoms with Crippen LogP contribution in [0.1, 0.15) is 44.4 Å². The summed E-state index contributed by atoms with van der Waals surface area (Å²) in [5.41, 5.74) is 0.398. The molecule has 7 nitrogen and oxygen atoms in total. The molecule has 1 aliphatic heterocycles. The van der Waals surface area contributed by atoms with E-state index in [0.29, 0.717) is 31.4 Å². The molecule has 104 valence electrons. The summed E-state index contributed by atoms with van der Waals surface area (Å²) in [6.45, 7) is 1.94. The Hall–Kier alpha value is -1.76. The minimum atomic E-state index is -0.459. The zero-order valence-electron chi connectivity index (χ0n) is 11.0. The summed E-state index contributed by atoms with van der Waals surface area (Å²) < 4.78 is 7.32. The molecule has 7 heteroatoms. The van der Waals surface area contributed by atoms with E-state index in [0.717, 1.165) is 0 Å². The van der Waals surface area contributed by atoms with E-state index in [1.807, 2.05) is 6.92 Å². The molecule has 1 fully saturated rings. The third kappa shape index (κ3) is 2.81. The molecule has 0 amide bonds. The smallest absolute Gasteiger partial charge is 0.312 e. The topological polar surface area (TPSA) is 87.3 Å². The average Bonchev–Trinajstić information content (AvgIpc) is 2.64. The van der Waals surface area contributed by atoms with Crippen molar-refractivity contribution in [1.82, 2.24) is 9.78 Å². The number of rotatable bonds is 3. The summed E-state index contributed by atoms with van der Waals surface area (Å²) in [7, 11) is 1.65. The van der Waals surface area contributed by atoms with Crippen LogP contribution in [0.15, 0.2) is 6.20 Å². The summed E-state index contributed by atoms with van der Waals surface area (Å²) in [4.78, 5) is 22.2. The summed E-state index contributed by atoms with van der Waals surface area (Å²) in [6, 6.07) is 0. The van der Waals surface area contributed by atoms with E-state index >= 15 is 0 Å². The third-order valence-electron chi connectivity index (χ3n) is 3.42. The van der Waals surface area contributed by atoms with Crippen molar-refractivity contribution in [3.8, 4) is 0 Å². The van der Waals surface area contributed by atoms with Crippen molar-refractivity contribution in [1.29, 1.82) is 0 Å².